The Hall–Kier alpha value is -1.17. The number of benzene rings is 1. The number of thiophene rings is 1. The Balaban J connectivity index is 1.85. The van der Waals surface area contributed by atoms with E-state index in [-0.39, 0.29) is 5.41 Å². The molecular weight excluding hydrogens is 326 g/mol. The minimum Gasteiger partial charge on any atom is -0.210 e. The van der Waals surface area contributed by atoms with Crippen LogP contribution in [0, 0.1) is 13.8 Å². The molecule has 3 rings (SSSR count). The van der Waals surface area contributed by atoms with Crippen LogP contribution < -0.4 is 4.72 Å². The van der Waals surface area contributed by atoms with E-state index in [1.165, 1.54) is 17.7 Å². The van der Waals surface area contributed by atoms with Crippen LogP contribution in [-0.2, 0) is 15.4 Å². The van der Waals surface area contributed by atoms with Crippen LogP contribution >= 0.6 is 11.3 Å². The summed E-state index contributed by atoms with van der Waals surface area (Å²) in [5.41, 5.74) is 1.73. The van der Waals surface area contributed by atoms with Gasteiger partial charge < -0.3 is 0 Å². The molecule has 1 heterocycles. The van der Waals surface area contributed by atoms with Gasteiger partial charge in [0.05, 0.1) is 4.90 Å². The van der Waals surface area contributed by atoms with Gasteiger partial charge in [0, 0.05) is 16.8 Å². The van der Waals surface area contributed by atoms with Crippen molar-refractivity contribution in [3.05, 3.63) is 51.7 Å². The maximum atomic E-state index is 12.8. The van der Waals surface area contributed by atoms with Crippen LogP contribution in [0.15, 0.2) is 40.6 Å². The molecule has 0 bridgehead atoms. The molecule has 0 spiro atoms. The van der Waals surface area contributed by atoms with Crippen molar-refractivity contribution in [3.8, 4) is 0 Å². The summed E-state index contributed by atoms with van der Waals surface area (Å²) in [6, 6.07) is 9.76. The fourth-order valence-corrected chi connectivity index (χ4v) is 5.89. The summed E-state index contributed by atoms with van der Waals surface area (Å²) in [5.74, 6) is 0. The van der Waals surface area contributed by atoms with Crippen molar-refractivity contribution in [1.29, 1.82) is 0 Å². The summed E-state index contributed by atoms with van der Waals surface area (Å²) in [4.78, 5) is 1.70. The van der Waals surface area contributed by atoms with Crippen LogP contribution in [0.3, 0.4) is 0 Å². The van der Waals surface area contributed by atoms with Gasteiger partial charge >= 0.3 is 0 Å². The van der Waals surface area contributed by atoms with Gasteiger partial charge in [-0.3, -0.25) is 0 Å². The highest BCUT2D eigenvalue weighted by molar-refractivity contribution is 7.89. The van der Waals surface area contributed by atoms with Crippen molar-refractivity contribution in [2.75, 3.05) is 6.54 Å². The number of aryl methyl sites for hydroxylation is 2. The largest absolute Gasteiger partial charge is 0.240 e. The predicted octanol–water partition coefficient (Wildman–Crippen LogP) is 4.16. The minimum atomic E-state index is -3.48. The van der Waals surface area contributed by atoms with Gasteiger partial charge in [0.2, 0.25) is 10.0 Å². The lowest BCUT2D eigenvalue weighted by molar-refractivity contribution is 0.440. The highest BCUT2D eigenvalue weighted by Gasteiger charge is 2.37. The molecule has 2 aromatic rings. The van der Waals surface area contributed by atoms with Crippen LogP contribution in [0.4, 0.5) is 0 Å². The fourth-order valence-electron chi connectivity index (χ4n) is 3.45. The minimum absolute atomic E-state index is 0.0288. The zero-order valence-corrected chi connectivity index (χ0v) is 15.3. The van der Waals surface area contributed by atoms with E-state index in [2.05, 4.69) is 22.2 Å². The van der Waals surface area contributed by atoms with Crippen LogP contribution in [0.25, 0.3) is 0 Å². The number of hydrogen-bond acceptors (Lipinski definition) is 3. The summed E-state index contributed by atoms with van der Waals surface area (Å²) in [6.45, 7) is 4.25. The zero-order chi connectivity index (χ0) is 16.5. The van der Waals surface area contributed by atoms with Gasteiger partial charge in [0.1, 0.15) is 0 Å². The molecule has 0 aliphatic heterocycles. The van der Waals surface area contributed by atoms with Crippen molar-refractivity contribution < 1.29 is 8.42 Å². The van der Waals surface area contributed by atoms with Crippen LogP contribution in [0.1, 0.15) is 41.7 Å². The van der Waals surface area contributed by atoms with E-state index in [1.807, 2.05) is 26.0 Å². The molecule has 0 atom stereocenters. The van der Waals surface area contributed by atoms with E-state index in [1.54, 1.807) is 17.4 Å². The summed E-state index contributed by atoms with van der Waals surface area (Å²) < 4.78 is 28.4. The Morgan fingerprint density at radius 3 is 2.57 bits per heavy atom. The van der Waals surface area contributed by atoms with Crippen LogP contribution in [-0.4, -0.2) is 15.0 Å². The molecule has 0 amide bonds. The lowest BCUT2D eigenvalue weighted by atomic mass is 9.85. The molecule has 1 saturated carbocycles. The van der Waals surface area contributed by atoms with Gasteiger partial charge in [-0.1, -0.05) is 31.0 Å². The quantitative estimate of drug-likeness (QED) is 0.881. The molecule has 0 saturated heterocycles. The molecule has 1 aromatic carbocycles. The van der Waals surface area contributed by atoms with E-state index in [0.29, 0.717) is 11.4 Å². The average molecular weight is 350 g/mol. The first-order chi connectivity index (χ1) is 10.9. The smallest absolute Gasteiger partial charge is 0.210 e. The standard InChI is InChI=1S/C18H23NO2S2/c1-14-7-8-15(2)16(12-14)23(20,21)19-13-18(9-3-4-10-18)17-6-5-11-22-17/h5-8,11-12,19H,3-4,9-10,13H2,1-2H3. The van der Waals surface area contributed by atoms with Gasteiger partial charge in [-0.25, -0.2) is 13.1 Å². The Kier molecular flexibility index (Phi) is 4.63. The molecule has 23 heavy (non-hydrogen) atoms. The molecule has 1 aromatic heterocycles. The lowest BCUT2D eigenvalue weighted by Gasteiger charge is -2.28. The van der Waals surface area contributed by atoms with Crippen molar-refractivity contribution in [1.82, 2.24) is 4.72 Å². The van der Waals surface area contributed by atoms with Crippen LogP contribution in [0.2, 0.25) is 0 Å². The zero-order valence-electron chi connectivity index (χ0n) is 13.6. The number of hydrogen-bond donors (Lipinski definition) is 1. The van der Waals surface area contributed by atoms with Crippen molar-refractivity contribution in [2.45, 2.75) is 49.8 Å². The third kappa shape index (κ3) is 3.37. The molecule has 1 aliphatic rings. The molecule has 1 N–H and O–H groups in total. The Morgan fingerprint density at radius 1 is 1.17 bits per heavy atom. The SMILES string of the molecule is Cc1ccc(C)c(S(=O)(=O)NCC2(c3cccs3)CCCC2)c1. The number of rotatable bonds is 5. The Bertz CT molecular complexity index is 773. The van der Waals surface area contributed by atoms with Gasteiger partial charge in [-0.15, -0.1) is 11.3 Å². The average Bonchev–Trinajstić information content (AvgIpc) is 3.19. The maximum absolute atomic E-state index is 12.8. The normalized spacial score (nSPS) is 17.5. The molecule has 5 heteroatoms. The van der Waals surface area contributed by atoms with Crippen molar-refractivity contribution in [3.63, 3.8) is 0 Å². The molecular formula is C18H23NO2S2. The van der Waals surface area contributed by atoms with Crippen molar-refractivity contribution >= 4 is 21.4 Å². The Labute approximate surface area is 142 Å². The van der Waals surface area contributed by atoms with E-state index in [4.69, 9.17) is 0 Å². The first-order valence-corrected chi connectivity index (χ1v) is 10.4. The van der Waals surface area contributed by atoms with E-state index >= 15 is 0 Å². The second-order valence-corrected chi connectivity index (χ2v) is 9.24. The Morgan fingerprint density at radius 2 is 1.91 bits per heavy atom. The first kappa shape index (κ1) is 16.7. The second-order valence-electron chi connectivity index (χ2n) is 6.56. The molecule has 0 unspecified atom stereocenters. The highest BCUT2D eigenvalue weighted by atomic mass is 32.2. The fraction of sp³-hybridized carbons (Fsp3) is 0.444. The van der Waals surface area contributed by atoms with E-state index in [9.17, 15) is 8.42 Å². The topological polar surface area (TPSA) is 46.2 Å². The number of sulfonamides is 1. The summed E-state index contributed by atoms with van der Waals surface area (Å²) in [6.07, 6.45) is 4.46. The second kappa shape index (κ2) is 6.38. The van der Waals surface area contributed by atoms with E-state index in [0.717, 1.165) is 24.0 Å². The first-order valence-electron chi connectivity index (χ1n) is 8.04. The molecule has 1 aliphatic carbocycles. The monoisotopic (exact) mass is 349 g/mol. The number of nitrogens with one attached hydrogen (secondary N) is 1. The highest BCUT2D eigenvalue weighted by Crippen LogP contribution is 2.42. The van der Waals surface area contributed by atoms with Crippen LogP contribution in [0.5, 0.6) is 0 Å². The van der Waals surface area contributed by atoms with Gasteiger partial charge in [-0.05, 0) is 55.3 Å². The molecule has 0 radical (unpaired) electrons. The van der Waals surface area contributed by atoms with Crippen molar-refractivity contribution in [2.24, 2.45) is 0 Å². The van der Waals surface area contributed by atoms with E-state index < -0.39 is 10.0 Å². The lowest BCUT2D eigenvalue weighted by Crippen LogP contribution is -2.38. The van der Waals surface area contributed by atoms with Gasteiger partial charge in [-0.2, -0.15) is 0 Å². The summed E-state index contributed by atoms with van der Waals surface area (Å²) in [5, 5.41) is 2.08. The molecule has 1 fully saturated rings. The van der Waals surface area contributed by atoms with Gasteiger partial charge in [0.25, 0.3) is 0 Å². The maximum Gasteiger partial charge on any atom is 0.240 e. The summed E-state index contributed by atoms with van der Waals surface area (Å²) >= 11 is 1.74. The third-order valence-corrected chi connectivity index (χ3v) is 7.50. The molecule has 124 valence electrons. The molecule has 3 nitrogen and oxygen atoms in total. The third-order valence-electron chi connectivity index (χ3n) is 4.84. The predicted molar refractivity (Wildman–Crippen MR) is 95.6 cm³/mol. The summed E-state index contributed by atoms with van der Waals surface area (Å²) in [7, 11) is -3.48. The van der Waals surface area contributed by atoms with Gasteiger partial charge in [0.15, 0.2) is 0 Å².